The van der Waals surface area contributed by atoms with Crippen molar-refractivity contribution in [3.63, 3.8) is 0 Å². The zero-order valence-corrected chi connectivity index (χ0v) is 14.7. The summed E-state index contributed by atoms with van der Waals surface area (Å²) in [6.45, 7) is 0.871. The highest BCUT2D eigenvalue weighted by atomic mass is 32.2. The number of aromatic nitrogens is 4. The number of ether oxygens (including phenoxy) is 1. The highest BCUT2D eigenvalue weighted by Crippen LogP contribution is 2.28. The molecule has 3 aromatic rings. The van der Waals surface area contributed by atoms with Crippen molar-refractivity contribution >= 4 is 11.8 Å². The Bertz CT molecular complexity index is 801. The largest absolute Gasteiger partial charge is 0.377 e. The van der Waals surface area contributed by atoms with Crippen molar-refractivity contribution < 1.29 is 4.74 Å². The van der Waals surface area contributed by atoms with E-state index in [1.165, 1.54) is 12.8 Å². The van der Waals surface area contributed by atoms with Crippen LogP contribution in [0.15, 0.2) is 59.9 Å². The van der Waals surface area contributed by atoms with Gasteiger partial charge < -0.3 is 4.74 Å². The van der Waals surface area contributed by atoms with Gasteiger partial charge in [-0.3, -0.25) is 9.55 Å². The van der Waals surface area contributed by atoms with E-state index in [2.05, 4.69) is 31.9 Å². The highest BCUT2D eigenvalue weighted by molar-refractivity contribution is 7.99. The van der Waals surface area contributed by atoms with Gasteiger partial charge in [0.15, 0.2) is 11.0 Å². The van der Waals surface area contributed by atoms with Gasteiger partial charge in [-0.25, -0.2) is 0 Å². The maximum absolute atomic E-state index is 5.85. The molecule has 0 aliphatic carbocycles. The van der Waals surface area contributed by atoms with Gasteiger partial charge in [0, 0.05) is 24.2 Å². The van der Waals surface area contributed by atoms with E-state index in [1.807, 2.05) is 36.4 Å². The monoisotopic (exact) mass is 352 g/mol. The zero-order valence-electron chi connectivity index (χ0n) is 13.9. The Kier molecular flexibility index (Phi) is 5.09. The summed E-state index contributed by atoms with van der Waals surface area (Å²) in [6, 6.07) is 16.0. The Labute approximate surface area is 151 Å². The van der Waals surface area contributed by atoms with Gasteiger partial charge in [0.25, 0.3) is 0 Å². The summed E-state index contributed by atoms with van der Waals surface area (Å²) in [5, 5.41) is 9.72. The summed E-state index contributed by atoms with van der Waals surface area (Å²) >= 11 is 1.70. The van der Waals surface area contributed by atoms with Gasteiger partial charge in [0.05, 0.1) is 6.10 Å². The predicted octanol–water partition coefficient (Wildman–Crippen LogP) is 3.99. The highest BCUT2D eigenvalue weighted by Gasteiger charge is 2.20. The summed E-state index contributed by atoms with van der Waals surface area (Å²) in [5.74, 6) is 1.66. The molecule has 0 amide bonds. The normalized spacial score (nSPS) is 17.5. The number of nitrogens with zero attached hydrogens (tertiary/aromatic N) is 4. The minimum Gasteiger partial charge on any atom is -0.377 e. The zero-order chi connectivity index (χ0) is 16.9. The first-order valence-corrected chi connectivity index (χ1v) is 9.57. The van der Waals surface area contributed by atoms with Crippen molar-refractivity contribution in [1.82, 2.24) is 19.7 Å². The molecule has 1 fully saturated rings. The molecular formula is C19H20N4OS. The topological polar surface area (TPSA) is 52.8 Å². The second-order valence-corrected chi connectivity index (χ2v) is 6.98. The van der Waals surface area contributed by atoms with Gasteiger partial charge in [-0.05, 0) is 43.5 Å². The van der Waals surface area contributed by atoms with E-state index in [-0.39, 0.29) is 0 Å². The van der Waals surface area contributed by atoms with E-state index in [4.69, 9.17) is 4.74 Å². The molecule has 1 atom stereocenters. The number of benzene rings is 1. The lowest BCUT2D eigenvalue weighted by atomic mass is 10.1. The molecule has 0 N–H and O–H groups in total. The molecule has 0 spiro atoms. The van der Waals surface area contributed by atoms with Crippen LogP contribution < -0.4 is 0 Å². The molecule has 1 aliphatic rings. The Hall–Kier alpha value is -2.18. The van der Waals surface area contributed by atoms with Crippen LogP contribution in [0.25, 0.3) is 17.2 Å². The molecule has 2 aromatic heterocycles. The van der Waals surface area contributed by atoms with Crippen LogP contribution in [0.5, 0.6) is 0 Å². The Morgan fingerprint density at radius 2 is 1.92 bits per heavy atom. The van der Waals surface area contributed by atoms with Crippen LogP contribution in [-0.4, -0.2) is 38.2 Å². The molecule has 3 heterocycles. The lowest BCUT2D eigenvalue weighted by Crippen LogP contribution is -2.21. The van der Waals surface area contributed by atoms with Crippen LogP contribution >= 0.6 is 11.8 Å². The second kappa shape index (κ2) is 7.80. The molecule has 0 saturated carbocycles. The lowest BCUT2D eigenvalue weighted by molar-refractivity contribution is 0.0315. The molecular weight excluding hydrogens is 332 g/mol. The number of hydrogen-bond acceptors (Lipinski definition) is 5. The van der Waals surface area contributed by atoms with E-state index < -0.39 is 0 Å². The SMILES string of the molecule is c1ccc(-n2c(SC[C@@H]3CCCCO3)nnc2-c2ccccn2)cc1. The molecule has 1 saturated heterocycles. The fraction of sp³-hybridized carbons (Fsp3) is 0.316. The summed E-state index contributed by atoms with van der Waals surface area (Å²) in [6.07, 6.45) is 5.63. The fourth-order valence-corrected chi connectivity index (χ4v) is 3.96. The lowest BCUT2D eigenvalue weighted by Gasteiger charge is -2.21. The molecule has 1 aliphatic heterocycles. The molecule has 0 radical (unpaired) electrons. The third kappa shape index (κ3) is 3.75. The smallest absolute Gasteiger partial charge is 0.196 e. The van der Waals surface area contributed by atoms with Crippen molar-refractivity contribution in [3.8, 4) is 17.2 Å². The van der Waals surface area contributed by atoms with Crippen molar-refractivity contribution in [2.75, 3.05) is 12.4 Å². The molecule has 6 heteroatoms. The van der Waals surface area contributed by atoms with Gasteiger partial charge in [0.2, 0.25) is 0 Å². The second-order valence-electron chi connectivity index (χ2n) is 5.99. The average Bonchev–Trinajstić information content (AvgIpc) is 3.12. The number of rotatable bonds is 5. The summed E-state index contributed by atoms with van der Waals surface area (Å²) < 4.78 is 7.93. The number of pyridine rings is 1. The van der Waals surface area contributed by atoms with Crippen LogP contribution in [0.4, 0.5) is 0 Å². The van der Waals surface area contributed by atoms with Crippen molar-refractivity contribution in [1.29, 1.82) is 0 Å². The van der Waals surface area contributed by atoms with E-state index in [0.29, 0.717) is 6.10 Å². The molecule has 0 unspecified atom stereocenters. The number of para-hydroxylation sites is 1. The minimum atomic E-state index is 0.304. The maximum atomic E-state index is 5.85. The molecule has 5 nitrogen and oxygen atoms in total. The molecule has 4 rings (SSSR count). The third-order valence-corrected chi connectivity index (χ3v) is 5.27. The van der Waals surface area contributed by atoms with E-state index in [0.717, 1.165) is 41.1 Å². The summed E-state index contributed by atoms with van der Waals surface area (Å²) in [7, 11) is 0. The van der Waals surface area contributed by atoms with Crippen molar-refractivity contribution in [2.24, 2.45) is 0 Å². The van der Waals surface area contributed by atoms with Crippen LogP contribution in [0.1, 0.15) is 19.3 Å². The number of hydrogen-bond donors (Lipinski definition) is 0. The first-order chi connectivity index (χ1) is 12.4. The van der Waals surface area contributed by atoms with Crippen LogP contribution in [-0.2, 0) is 4.74 Å². The average molecular weight is 352 g/mol. The fourth-order valence-electron chi connectivity index (χ4n) is 2.94. The molecule has 128 valence electrons. The van der Waals surface area contributed by atoms with Crippen molar-refractivity contribution in [3.05, 3.63) is 54.7 Å². The van der Waals surface area contributed by atoms with Crippen LogP contribution in [0, 0.1) is 0 Å². The molecule has 1 aromatic carbocycles. The Balaban J connectivity index is 1.65. The maximum Gasteiger partial charge on any atom is 0.196 e. The quantitative estimate of drug-likeness (QED) is 0.650. The molecule has 0 bridgehead atoms. The predicted molar refractivity (Wildman–Crippen MR) is 98.9 cm³/mol. The first-order valence-electron chi connectivity index (χ1n) is 8.58. The van der Waals surface area contributed by atoms with E-state index in [9.17, 15) is 0 Å². The summed E-state index contributed by atoms with van der Waals surface area (Å²) in [5.41, 5.74) is 1.86. The Morgan fingerprint density at radius 3 is 2.68 bits per heavy atom. The van der Waals surface area contributed by atoms with Crippen molar-refractivity contribution in [2.45, 2.75) is 30.5 Å². The van der Waals surface area contributed by atoms with Gasteiger partial charge in [-0.15, -0.1) is 10.2 Å². The minimum absolute atomic E-state index is 0.304. The van der Waals surface area contributed by atoms with E-state index >= 15 is 0 Å². The third-order valence-electron chi connectivity index (χ3n) is 4.21. The van der Waals surface area contributed by atoms with Gasteiger partial charge >= 0.3 is 0 Å². The Morgan fingerprint density at radius 1 is 1.04 bits per heavy atom. The van der Waals surface area contributed by atoms with Crippen LogP contribution in [0.2, 0.25) is 0 Å². The van der Waals surface area contributed by atoms with E-state index in [1.54, 1.807) is 18.0 Å². The van der Waals surface area contributed by atoms with Gasteiger partial charge in [0.1, 0.15) is 5.69 Å². The molecule has 25 heavy (non-hydrogen) atoms. The standard InChI is InChI=1S/C19H20N4OS/c1-2-8-15(9-3-1)23-18(17-11-4-6-12-20-17)21-22-19(23)25-14-16-10-5-7-13-24-16/h1-4,6,8-9,11-12,16H,5,7,10,13-14H2/t16-/m0/s1. The van der Waals surface area contributed by atoms with Gasteiger partial charge in [-0.1, -0.05) is 36.0 Å². The first kappa shape index (κ1) is 16.3. The summed E-state index contributed by atoms with van der Waals surface area (Å²) in [4.78, 5) is 4.44. The number of thioether (sulfide) groups is 1. The van der Waals surface area contributed by atoms with Crippen LogP contribution in [0.3, 0.4) is 0 Å². The van der Waals surface area contributed by atoms with Gasteiger partial charge in [-0.2, -0.15) is 0 Å².